The van der Waals surface area contributed by atoms with E-state index in [0.717, 1.165) is 13.0 Å². The molecule has 0 aromatic carbocycles. The van der Waals surface area contributed by atoms with Crippen molar-refractivity contribution in [1.29, 1.82) is 0 Å². The lowest BCUT2D eigenvalue weighted by Gasteiger charge is -2.26. The fourth-order valence-corrected chi connectivity index (χ4v) is 1.35. The molecule has 3 nitrogen and oxygen atoms in total. The van der Waals surface area contributed by atoms with E-state index < -0.39 is 0 Å². The molecule has 1 rings (SSSR count). The van der Waals surface area contributed by atoms with E-state index in [1.807, 2.05) is 6.92 Å². The first-order chi connectivity index (χ1) is 5.20. The first-order valence-corrected chi connectivity index (χ1v) is 4.23. The second kappa shape index (κ2) is 3.72. The molecule has 1 unspecified atom stereocenters. The average Bonchev–Trinajstić information content (AvgIpc) is 1.93. The van der Waals surface area contributed by atoms with Gasteiger partial charge < -0.3 is 10.6 Å². The zero-order valence-corrected chi connectivity index (χ0v) is 7.38. The van der Waals surface area contributed by atoms with E-state index >= 15 is 0 Å². The molecule has 1 atom stereocenters. The van der Waals surface area contributed by atoms with Gasteiger partial charge in [0.25, 0.3) is 0 Å². The van der Waals surface area contributed by atoms with Gasteiger partial charge in [-0.25, -0.2) is 0 Å². The molecule has 1 heterocycles. The molecular formula is C8H17N3. The van der Waals surface area contributed by atoms with Crippen LogP contribution < -0.4 is 5.73 Å². The molecular weight excluding hydrogens is 138 g/mol. The van der Waals surface area contributed by atoms with Crippen molar-refractivity contribution in [2.24, 2.45) is 10.7 Å². The van der Waals surface area contributed by atoms with Crippen LogP contribution in [0, 0.1) is 0 Å². The van der Waals surface area contributed by atoms with E-state index in [1.54, 1.807) is 0 Å². The summed E-state index contributed by atoms with van der Waals surface area (Å²) in [4.78, 5) is 6.54. The van der Waals surface area contributed by atoms with Gasteiger partial charge in [-0.2, -0.15) is 0 Å². The van der Waals surface area contributed by atoms with Crippen LogP contribution in [0.25, 0.3) is 0 Å². The lowest BCUT2D eigenvalue weighted by molar-refractivity contribution is 0.429. The van der Waals surface area contributed by atoms with Crippen molar-refractivity contribution in [3.05, 3.63) is 0 Å². The van der Waals surface area contributed by atoms with Crippen LogP contribution in [-0.2, 0) is 0 Å². The third kappa shape index (κ3) is 2.50. The Morgan fingerprint density at radius 2 is 2.27 bits per heavy atom. The summed E-state index contributed by atoms with van der Waals surface area (Å²) in [7, 11) is 2.08. The molecule has 11 heavy (non-hydrogen) atoms. The van der Waals surface area contributed by atoms with Gasteiger partial charge in [0.05, 0.1) is 6.17 Å². The van der Waals surface area contributed by atoms with E-state index in [-0.39, 0.29) is 6.17 Å². The number of nitrogens with zero attached hydrogens (tertiary/aromatic N) is 2. The minimum Gasteiger partial charge on any atom is -0.363 e. The Labute approximate surface area is 68.3 Å². The molecule has 0 spiro atoms. The summed E-state index contributed by atoms with van der Waals surface area (Å²) in [5.74, 6) is 1.17. The van der Waals surface area contributed by atoms with Crippen LogP contribution >= 0.6 is 0 Å². The van der Waals surface area contributed by atoms with Crippen LogP contribution in [0.3, 0.4) is 0 Å². The van der Waals surface area contributed by atoms with Gasteiger partial charge >= 0.3 is 0 Å². The average molecular weight is 155 g/mol. The highest BCUT2D eigenvalue weighted by molar-refractivity contribution is 5.82. The van der Waals surface area contributed by atoms with Crippen molar-refractivity contribution in [2.75, 3.05) is 13.6 Å². The molecule has 1 aliphatic rings. The number of nitrogens with two attached hydrogens (primary N) is 1. The number of rotatable bonds is 1. The van der Waals surface area contributed by atoms with Crippen molar-refractivity contribution in [3.8, 4) is 0 Å². The van der Waals surface area contributed by atoms with Gasteiger partial charge in [0.15, 0.2) is 0 Å². The summed E-state index contributed by atoms with van der Waals surface area (Å²) < 4.78 is 0. The third-order valence-electron chi connectivity index (χ3n) is 1.94. The molecule has 1 saturated heterocycles. The van der Waals surface area contributed by atoms with E-state index in [0.29, 0.717) is 0 Å². The Morgan fingerprint density at radius 1 is 1.55 bits per heavy atom. The van der Waals surface area contributed by atoms with Gasteiger partial charge in [0.1, 0.15) is 5.84 Å². The summed E-state index contributed by atoms with van der Waals surface area (Å²) in [6.45, 7) is 3.04. The lowest BCUT2D eigenvalue weighted by atomic mass is 10.1. The van der Waals surface area contributed by atoms with Gasteiger partial charge in [0.2, 0.25) is 0 Å². The molecule has 1 fully saturated rings. The second-order valence-corrected chi connectivity index (χ2v) is 3.16. The highest BCUT2D eigenvalue weighted by Crippen LogP contribution is 2.09. The minimum absolute atomic E-state index is 0.0504. The normalized spacial score (nSPS) is 25.7. The predicted molar refractivity (Wildman–Crippen MR) is 47.6 cm³/mol. The molecule has 0 amide bonds. The van der Waals surface area contributed by atoms with E-state index in [1.165, 1.54) is 18.7 Å². The fourth-order valence-electron chi connectivity index (χ4n) is 1.35. The van der Waals surface area contributed by atoms with Gasteiger partial charge in [-0.3, -0.25) is 4.99 Å². The number of hydrogen-bond donors (Lipinski definition) is 1. The Kier molecular flexibility index (Phi) is 2.88. The predicted octanol–water partition coefficient (Wildman–Crippen LogP) is 0.805. The van der Waals surface area contributed by atoms with Gasteiger partial charge in [-0.15, -0.1) is 0 Å². The number of hydrogen-bond acceptors (Lipinski definition) is 2. The fraction of sp³-hybridized carbons (Fsp3) is 0.875. The molecule has 0 saturated carbocycles. The maximum absolute atomic E-state index is 5.57. The molecule has 0 bridgehead atoms. The second-order valence-electron chi connectivity index (χ2n) is 3.16. The van der Waals surface area contributed by atoms with Crippen LogP contribution in [0.4, 0.5) is 0 Å². The van der Waals surface area contributed by atoms with E-state index in [2.05, 4.69) is 16.9 Å². The Morgan fingerprint density at radius 3 is 2.82 bits per heavy atom. The van der Waals surface area contributed by atoms with E-state index in [4.69, 9.17) is 5.73 Å². The Bertz CT molecular complexity index is 151. The quantitative estimate of drug-likeness (QED) is 0.608. The van der Waals surface area contributed by atoms with Crippen LogP contribution in [-0.4, -0.2) is 30.5 Å². The first kappa shape index (κ1) is 8.53. The molecule has 0 radical (unpaired) electrons. The summed E-state index contributed by atoms with van der Waals surface area (Å²) in [6.07, 6.45) is 3.59. The van der Waals surface area contributed by atoms with Crippen molar-refractivity contribution >= 4 is 5.84 Å². The van der Waals surface area contributed by atoms with Crippen molar-refractivity contribution < 1.29 is 0 Å². The number of aliphatic imine (C=N–C) groups is 1. The van der Waals surface area contributed by atoms with Crippen LogP contribution in [0.15, 0.2) is 4.99 Å². The van der Waals surface area contributed by atoms with Crippen LogP contribution in [0.5, 0.6) is 0 Å². The maximum atomic E-state index is 5.57. The van der Waals surface area contributed by atoms with Crippen LogP contribution in [0.1, 0.15) is 26.2 Å². The first-order valence-electron chi connectivity index (χ1n) is 4.23. The largest absolute Gasteiger partial charge is 0.363 e. The highest BCUT2D eigenvalue weighted by Gasteiger charge is 2.11. The molecule has 3 heteroatoms. The topological polar surface area (TPSA) is 41.6 Å². The molecule has 2 N–H and O–H groups in total. The molecule has 64 valence electrons. The summed E-state index contributed by atoms with van der Waals surface area (Å²) in [6, 6.07) is 0. The lowest BCUT2D eigenvalue weighted by Crippen LogP contribution is -2.33. The molecule has 0 aliphatic carbocycles. The van der Waals surface area contributed by atoms with Crippen molar-refractivity contribution in [1.82, 2.24) is 4.90 Å². The Balaban J connectivity index is 2.53. The summed E-state index contributed by atoms with van der Waals surface area (Å²) >= 11 is 0. The maximum Gasteiger partial charge on any atom is 0.101 e. The third-order valence-corrected chi connectivity index (χ3v) is 1.94. The number of piperidine rings is 1. The summed E-state index contributed by atoms with van der Waals surface area (Å²) in [5.41, 5.74) is 5.57. The van der Waals surface area contributed by atoms with Gasteiger partial charge in [-0.1, -0.05) is 0 Å². The molecule has 1 aliphatic heterocycles. The number of likely N-dealkylation sites (tertiary alicyclic amines) is 1. The van der Waals surface area contributed by atoms with Gasteiger partial charge in [0, 0.05) is 20.0 Å². The standard InChI is InChI=1S/C8H17N3/c1-7(9)10-8-5-3-4-6-11(8)2/h7H,3-6,9H2,1-2H3/b10-8+. The SMILES string of the molecule is CC(N)/N=C1\CCCCN1C. The number of amidine groups is 1. The zero-order valence-electron chi connectivity index (χ0n) is 7.38. The van der Waals surface area contributed by atoms with Crippen molar-refractivity contribution in [2.45, 2.75) is 32.4 Å². The monoisotopic (exact) mass is 155 g/mol. The smallest absolute Gasteiger partial charge is 0.101 e. The minimum atomic E-state index is -0.0504. The summed E-state index contributed by atoms with van der Waals surface area (Å²) in [5, 5.41) is 0. The van der Waals surface area contributed by atoms with Crippen LogP contribution in [0.2, 0.25) is 0 Å². The van der Waals surface area contributed by atoms with Gasteiger partial charge in [-0.05, 0) is 19.8 Å². The molecule has 0 aromatic rings. The molecule has 0 aromatic heterocycles. The van der Waals surface area contributed by atoms with Crippen molar-refractivity contribution in [3.63, 3.8) is 0 Å². The highest BCUT2D eigenvalue weighted by atomic mass is 15.2. The zero-order chi connectivity index (χ0) is 8.27. The van der Waals surface area contributed by atoms with E-state index in [9.17, 15) is 0 Å². The Hall–Kier alpha value is -0.570.